The Morgan fingerprint density at radius 2 is 1.64 bits per heavy atom. The molecule has 2 aliphatic heterocycles. The molecule has 0 spiro atoms. The number of unbranched alkanes of at least 4 members (excludes halogenated alkanes) is 8. The van der Waals surface area contributed by atoms with Crippen LogP contribution in [0.4, 0.5) is 0 Å². The number of ether oxygens (including phenoxy) is 5. The lowest BCUT2D eigenvalue weighted by Gasteiger charge is -2.32. The number of hydrogen-bond acceptors (Lipinski definition) is 6. The van der Waals surface area contributed by atoms with E-state index < -0.39 is 11.9 Å². The molecule has 0 radical (unpaired) electrons. The molecule has 2 saturated heterocycles. The Balaban J connectivity index is 1.86. The molecule has 4 unspecified atom stereocenters. The van der Waals surface area contributed by atoms with E-state index in [9.17, 15) is 4.79 Å². The molecule has 2 heterocycles. The van der Waals surface area contributed by atoms with Gasteiger partial charge in [-0.05, 0) is 19.3 Å². The highest BCUT2D eigenvalue weighted by Gasteiger charge is 2.53. The van der Waals surface area contributed by atoms with Crippen molar-refractivity contribution in [2.75, 3.05) is 20.3 Å². The monoisotopic (exact) mass is 400 g/mol. The lowest BCUT2D eigenvalue weighted by Crippen LogP contribution is -2.46. The highest BCUT2D eigenvalue weighted by Crippen LogP contribution is 2.38. The SMILES string of the molecule is CCCCCCCC1OCC(C2(CCCCCCC)OCC(C(=O)OC)O2)O1. The van der Waals surface area contributed by atoms with Gasteiger partial charge in [-0.1, -0.05) is 65.2 Å². The fourth-order valence-corrected chi connectivity index (χ4v) is 3.96. The van der Waals surface area contributed by atoms with Crippen LogP contribution in [-0.4, -0.2) is 50.6 Å². The van der Waals surface area contributed by atoms with Crippen molar-refractivity contribution in [2.45, 2.75) is 115 Å². The molecule has 0 aromatic heterocycles. The number of carbonyl (C=O) groups is 1. The zero-order chi connectivity index (χ0) is 20.2. The van der Waals surface area contributed by atoms with Crippen LogP contribution in [0, 0.1) is 0 Å². The van der Waals surface area contributed by atoms with Gasteiger partial charge in [0.2, 0.25) is 0 Å². The van der Waals surface area contributed by atoms with Crippen LogP contribution in [0.1, 0.15) is 90.9 Å². The minimum Gasteiger partial charge on any atom is -0.467 e. The molecule has 28 heavy (non-hydrogen) atoms. The Bertz CT molecular complexity index is 443. The van der Waals surface area contributed by atoms with Crippen molar-refractivity contribution in [2.24, 2.45) is 0 Å². The molecule has 0 bridgehead atoms. The molecule has 0 aromatic carbocycles. The summed E-state index contributed by atoms with van der Waals surface area (Å²) in [7, 11) is 1.38. The van der Waals surface area contributed by atoms with Gasteiger partial charge in [0.1, 0.15) is 6.10 Å². The molecule has 0 saturated carbocycles. The number of methoxy groups -OCH3 is 1. The van der Waals surface area contributed by atoms with Gasteiger partial charge in [-0.2, -0.15) is 0 Å². The largest absolute Gasteiger partial charge is 0.467 e. The van der Waals surface area contributed by atoms with E-state index in [4.69, 9.17) is 23.7 Å². The van der Waals surface area contributed by atoms with E-state index in [0.717, 1.165) is 25.7 Å². The molecule has 2 aliphatic rings. The fraction of sp³-hybridized carbons (Fsp3) is 0.955. The summed E-state index contributed by atoms with van der Waals surface area (Å²) in [4.78, 5) is 11.9. The molecule has 2 rings (SSSR count). The Hall–Kier alpha value is -0.690. The molecule has 6 nitrogen and oxygen atoms in total. The third-order valence-electron chi connectivity index (χ3n) is 5.70. The summed E-state index contributed by atoms with van der Waals surface area (Å²) in [6.07, 6.45) is 12.3. The lowest BCUT2D eigenvalue weighted by atomic mass is 10.0. The Kier molecular flexibility index (Phi) is 10.8. The van der Waals surface area contributed by atoms with E-state index in [1.54, 1.807) is 0 Å². The molecule has 0 N–H and O–H groups in total. The average molecular weight is 401 g/mol. The zero-order valence-corrected chi connectivity index (χ0v) is 18.1. The van der Waals surface area contributed by atoms with E-state index in [1.807, 2.05) is 0 Å². The summed E-state index contributed by atoms with van der Waals surface area (Å²) in [5.74, 6) is -1.29. The van der Waals surface area contributed by atoms with Crippen LogP contribution in [0.3, 0.4) is 0 Å². The summed E-state index contributed by atoms with van der Waals surface area (Å²) in [6, 6.07) is 0. The maximum atomic E-state index is 11.9. The lowest BCUT2D eigenvalue weighted by molar-refractivity contribution is -0.240. The predicted molar refractivity (Wildman–Crippen MR) is 107 cm³/mol. The topological polar surface area (TPSA) is 63.2 Å². The van der Waals surface area contributed by atoms with Crippen LogP contribution in [0.25, 0.3) is 0 Å². The van der Waals surface area contributed by atoms with Crippen molar-refractivity contribution >= 4 is 5.97 Å². The van der Waals surface area contributed by atoms with Gasteiger partial charge in [0.05, 0.1) is 20.3 Å². The number of hydrogen-bond donors (Lipinski definition) is 0. The smallest absolute Gasteiger partial charge is 0.337 e. The van der Waals surface area contributed by atoms with Gasteiger partial charge in [-0.15, -0.1) is 0 Å². The summed E-state index contributed by atoms with van der Waals surface area (Å²) in [5, 5.41) is 0. The second-order valence-electron chi connectivity index (χ2n) is 8.01. The highest BCUT2D eigenvalue weighted by atomic mass is 16.8. The van der Waals surface area contributed by atoms with E-state index in [-0.39, 0.29) is 25.0 Å². The van der Waals surface area contributed by atoms with Gasteiger partial charge in [0.25, 0.3) is 0 Å². The normalized spacial score (nSPS) is 30.0. The van der Waals surface area contributed by atoms with E-state index >= 15 is 0 Å². The Morgan fingerprint density at radius 1 is 0.964 bits per heavy atom. The van der Waals surface area contributed by atoms with Gasteiger partial charge >= 0.3 is 5.97 Å². The summed E-state index contributed by atoms with van der Waals surface area (Å²) >= 11 is 0. The Labute approximate surface area is 170 Å². The molecular formula is C22H40O6. The van der Waals surface area contributed by atoms with Crippen LogP contribution in [0.5, 0.6) is 0 Å². The van der Waals surface area contributed by atoms with Crippen molar-refractivity contribution < 1.29 is 28.5 Å². The van der Waals surface area contributed by atoms with Gasteiger partial charge in [-0.25, -0.2) is 4.79 Å². The maximum Gasteiger partial charge on any atom is 0.337 e. The van der Waals surface area contributed by atoms with Crippen molar-refractivity contribution in [1.29, 1.82) is 0 Å². The van der Waals surface area contributed by atoms with Crippen molar-refractivity contribution in [3.05, 3.63) is 0 Å². The zero-order valence-electron chi connectivity index (χ0n) is 18.1. The first kappa shape index (κ1) is 23.6. The average Bonchev–Trinajstić information content (AvgIpc) is 3.35. The second-order valence-corrected chi connectivity index (χ2v) is 8.01. The molecular weight excluding hydrogens is 360 g/mol. The first-order valence-corrected chi connectivity index (χ1v) is 11.3. The molecule has 6 heteroatoms. The van der Waals surface area contributed by atoms with E-state index in [2.05, 4.69) is 13.8 Å². The van der Waals surface area contributed by atoms with Gasteiger partial charge in [-0.3, -0.25) is 0 Å². The standard InChI is InChI=1S/C22H40O6/c1-4-6-8-10-12-14-20-25-17-19(27-20)22(15-13-11-9-7-5-2)26-16-18(28-22)21(23)24-3/h18-20H,4-17H2,1-3H3. The first-order valence-electron chi connectivity index (χ1n) is 11.3. The third-order valence-corrected chi connectivity index (χ3v) is 5.70. The van der Waals surface area contributed by atoms with Gasteiger partial charge in [0, 0.05) is 6.42 Å². The van der Waals surface area contributed by atoms with Crippen molar-refractivity contribution in [3.8, 4) is 0 Å². The molecule has 2 fully saturated rings. The van der Waals surface area contributed by atoms with Crippen LogP contribution >= 0.6 is 0 Å². The molecule has 4 atom stereocenters. The van der Waals surface area contributed by atoms with Crippen LogP contribution in [-0.2, 0) is 28.5 Å². The second kappa shape index (κ2) is 12.8. The first-order chi connectivity index (χ1) is 13.6. The van der Waals surface area contributed by atoms with Crippen LogP contribution in [0.15, 0.2) is 0 Å². The Morgan fingerprint density at radius 3 is 2.32 bits per heavy atom. The van der Waals surface area contributed by atoms with Gasteiger partial charge in [0.15, 0.2) is 18.2 Å². The van der Waals surface area contributed by atoms with Crippen LogP contribution < -0.4 is 0 Å². The summed E-state index contributed by atoms with van der Waals surface area (Å²) in [5.41, 5.74) is 0. The number of carbonyl (C=O) groups excluding carboxylic acids is 1. The van der Waals surface area contributed by atoms with E-state index in [0.29, 0.717) is 13.0 Å². The molecule has 164 valence electrons. The molecule has 0 aliphatic carbocycles. The van der Waals surface area contributed by atoms with Crippen LogP contribution in [0.2, 0.25) is 0 Å². The van der Waals surface area contributed by atoms with Gasteiger partial charge < -0.3 is 23.7 Å². The molecule has 0 amide bonds. The summed E-state index contributed by atoms with van der Waals surface area (Å²) < 4.78 is 29.0. The fourth-order valence-electron chi connectivity index (χ4n) is 3.96. The predicted octanol–water partition coefficient (Wildman–Crippen LogP) is 4.73. The van der Waals surface area contributed by atoms with E-state index in [1.165, 1.54) is 52.1 Å². The maximum absolute atomic E-state index is 11.9. The number of esters is 1. The third kappa shape index (κ3) is 6.97. The quantitative estimate of drug-likeness (QED) is 0.310. The number of rotatable bonds is 14. The highest BCUT2D eigenvalue weighted by molar-refractivity contribution is 5.75. The van der Waals surface area contributed by atoms with Crippen molar-refractivity contribution in [1.82, 2.24) is 0 Å². The minimum absolute atomic E-state index is 0.201. The molecule has 0 aromatic rings. The summed E-state index contributed by atoms with van der Waals surface area (Å²) in [6.45, 7) is 5.09. The minimum atomic E-state index is -0.901. The van der Waals surface area contributed by atoms with Crippen molar-refractivity contribution in [3.63, 3.8) is 0 Å².